The van der Waals surface area contributed by atoms with Gasteiger partial charge in [0.05, 0.1) is 0 Å². The van der Waals surface area contributed by atoms with Crippen molar-refractivity contribution in [3.8, 4) is 0 Å². The molecule has 0 rings (SSSR count). The van der Waals surface area contributed by atoms with E-state index in [0.717, 1.165) is 0 Å². The second-order valence-corrected chi connectivity index (χ2v) is 1.79. The Bertz CT molecular complexity index is 97.1. The van der Waals surface area contributed by atoms with Crippen LogP contribution in [0.5, 0.6) is 0 Å². The predicted molar refractivity (Wildman–Crippen MR) is 65.5 cm³/mol. The standard InChI is InChI=1S/C3H6.4BH3O3/c1-3-2;4*2-1(3)4/h3H,1H2,2H3;4*2-4H. The molecule has 0 bridgehead atoms. The fourth-order valence-electron chi connectivity index (χ4n) is 0. The van der Waals surface area contributed by atoms with Crippen molar-refractivity contribution in [2.75, 3.05) is 0 Å². The van der Waals surface area contributed by atoms with E-state index in [1.807, 2.05) is 6.92 Å². The predicted octanol–water partition coefficient (Wildman–Crippen LogP) is -7.01. The normalized spacial score (nSPS) is 6.37. The number of rotatable bonds is 0. The summed E-state index contributed by atoms with van der Waals surface area (Å²) >= 11 is 0. The molecule has 0 radical (unpaired) electrons. The molecule has 0 saturated heterocycles. The van der Waals surface area contributed by atoms with Crippen LogP contribution in [0.4, 0.5) is 0 Å². The fourth-order valence-corrected chi connectivity index (χ4v) is 0. The fraction of sp³-hybridized carbons (Fsp3) is 0.333. The van der Waals surface area contributed by atoms with Crippen LogP contribution in [-0.4, -0.2) is 89.6 Å². The van der Waals surface area contributed by atoms with E-state index in [2.05, 4.69) is 6.58 Å². The lowest BCUT2D eigenvalue weighted by Crippen LogP contribution is -2.07. The molecule has 19 heavy (non-hydrogen) atoms. The van der Waals surface area contributed by atoms with Gasteiger partial charge in [-0.1, -0.05) is 6.08 Å². The van der Waals surface area contributed by atoms with Gasteiger partial charge in [-0.15, -0.1) is 6.58 Å². The van der Waals surface area contributed by atoms with Crippen molar-refractivity contribution in [2.45, 2.75) is 6.92 Å². The Kier molecular flexibility index (Phi) is 49.9. The minimum atomic E-state index is -2.17. The molecule has 0 spiro atoms. The maximum absolute atomic E-state index is 7.17. The largest absolute Gasteiger partial charge is 0.631 e. The molecule has 0 aromatic carbocycles. The summed E-state index contributed by atoms with van der Waals surface area (Å²) in [6.07, 6.45) is 1.75. The van der Waals surface area contributed by atoms with Gasteiger partial charge in [0.15, 0.2) is 0 Å². The summed E-state index contributed by atoms with van der Waals surface area (Å²) < 4.78 is 0. The third-order valence-corrected chi connectivity index (χ3v) is 0. The van der Waals surface area contributed by atoms with Crippen LogP contribution in [0.2, 0.25) is 0 Å². The van der Waals surface area contributed by atoms with E-state index >= 15 is 0 Å². The molecule has 0 atom stereocenters. The first-order valence-electron chi connectivity index (χ1n) is 4.08. The molecule has 12 N–H and O–H groups in total. The summed E-state index contributed by atoms with van der Waals surface area (Å²) in [6, 6.07) is 0. The van der Waals surface area contributed by atoms with Gasteiger partial charge in [-0.25, -0.2) is 0 Å². The van der Waals surface area contributed by atoms with Crippen molar-refractivity contribution in [1.29, 1.82) is 0 Å². The first-order valence-corrected chi connectivity index (χ1v) is 4.08. The molecule has 0 heterocycles. The van der Waals surface area contributed by atoms with E-state index in [1.54, 1.807) is 6.08 Å². The summed E-state index contributed by atoms with van der Waals surface area (Å²) in [5.41, 5.74) is 0. The van der Waals surface area contributed by atoms with Crippen LogP contribution in [0, 0.1) is 0 Å². The molecule has 12 nitrogen and oxygen atoms in total. The van der Waals surface area contributed by atoms with Gasteiger partial charge in [-0.2, -0.15) is 0 Å². The van der Waals surface area contributed by atoms with Crippen LogP contribution in [-0.2, 0) is 0 Å². The van der Waals surface area contributed by atoms with Gasteiger partial charge in [0, 0.05) is 0 Å². The van der Waals surface area contributed by atoms with Gasteiger partial charge in [0.1, 0.15) is 0 Å². The SMILES string of the molecule is C=CC.OB(O)O.OB(O)O.OB(O)O.OB(O)O. The van der Waals surface area contributed by atoms with E-state index in [9.17, 15) is 0 Å². The second kappa shape index (κ2) is 30.5. The van der Waals surface area contributed by atoms with Crippen molar-refractivity contribution >= 4 is 29.3 Å². The molecule has 114 valence electrons. The van der Waals surface area contributed by atoms with E-state index in [1.165, 1.54) is 0 Å². The Labute approximate surface area is 110 Å². The molecule has 0 aliphatic carbocycles. The Morgan fingerprint density at radius 1 is 0.526 bits per heavy atom. The van der Waals surface area contributed by atoms with Gasteiger partial charge in [0.2, 0.25) is 0 Å². The van der Waals surface area contributed by atoms with Crippen molar-refractivity contribution in [2.24, 2.45) is 0 Å². The number of hydrogen-bond donors (Lipinski definition) is 12. The highest BCUT2D eigenvalue weighted by Crippen LogP contribution is 1.41. The smallest absolute Gasteiger partial charge is 0.402 e. The Morgan fingerprint density at radius 2 is 0.526 bits per heavy atom. The molecule has 0 aromatic rings. The molecule has 0 unspecified atom stereocenters. The van der Waals surface area contributed by atoms with Crippen LogP contribution in [0.3, 0.4) is 0 Å². The first-order chi connectivity index (χ1) is 8.34. The quantitative estimate of drug-likeness (QED) is 0.147. The molecule has 0 fully saturated rings. The van der Waals surface area contributed by atoms with Gasteiger partial charge in [-0.3, -0.25) is 0 Å². The van der Waals surface area contributed by atoms with Gasteiger partial charge in [-0.05, 0) is 6.92 Å². The van der Waals surface area contributed by atoms with Crippen molar-refractivity contribution < 1.29 is 60.3 Å². The lowest BCUT2D eigenvalue weighted by atomic mass is 10.3. The summed E-state index contributed by atoms with van der Waals surface area (Å²) in [7, 11) is -8.67. The minimum Gasteiger partial charge on any atom is -0.402 e. The van der Waals surface area contributed by atoms with Crippen LogP contribution in [0.25, 0.3) is 0 Å². The summed E-state index contributed by atoms with van der Waals surface area (Å²) in [6.45, 7) is 5.25. The van der Waals surface area contributed by atoms with E-state index in [0.29, 0.717) is 0 Å². The van der Waals surface area contributed by atoms with Crippen LogP contribution >= 0.6 is 0 Å². The van der Waals surface area contributed by atoms with Crippen LogP contribution in [0.15, 0.2) is 12.7 Å². The summed E-state index contributed by atoms with van der Waals surface area (Å²) in [5.74, 6) is 0. The molecule has 0 aromatic heterocycles. The molecule has 16 heteroatoms. The van der Waals surface area contributed by atoms with Gasteiger partial charge < -0.3 is 60.3 Å². The zero-order chi connectivity index (χ0) is 17.0. The highest BCUT2D eigenvalue weighted by atomic mass is 16.5. The monoisotopic (exact) mass is 290 g/mol. The molecular weight excluding hydrogens is 271 g/mol. The molecule has 0 amide bonds. The zero-order valence-corrected chi connectivity index (χ0v) is 9.96. The Morgan fingerprint density at radius 3 is 0.526 bits per heavy atom. The average molecular weight is 289 g/mol. The van der Waals surface area contributed by atoms with E-state index in [4.69, 9.17) is 60.3 Å². The first kappa shape index (κ1) is 31.1. The molecule has 0 aliphatic rings. The highest BCUT2D eigenvalue weighted by molar-refractivity contribution is 6.31. The lowest BCUT2D eigenvalue weighted by Gasteiger charge is -1.69. The van der Waals surface area contributed by atoms with Gasteiger partial charge >= 0.3 is 29.3 Å². The average Bonchev–Trinajstić information content (AvgIpc) is 1.97. The van der Waals surface area contributed by atoms with Crippen molar-refractivity contribution in [1.82, 2.24) is 0 Å². The van der Waals surface area contributed by atoms with E-state index < -0.39 is 29.3 Å². The Balaban J connectivity index is -0.0000000432. The third kappa shape index (κ3) is 18300. The topological polar surface area (TPSA) is 243 Å². The van der Waals surface area contributed by atoms with E-state index in [-0.39, 0.29) is 0 Å². The van der Waals surface area contributed by atoms with Crippen LogP contribution in [0.1, 0.15) is 6.92 Å². The highest BCUT2D eigenvalue weighted by Gasteiger charge is 1.93. The molecule has 0 aliphatic heterocycles. The maximum Gasteiger partial charge on any atom is 0.631 e. The molecular formula is C3H18B4O12. The minimum absolute atomic E-state index is 1.75. The zero-order valence-electron chi connectivity index (χ0n) is 9.96. The third-order valence-electron chi connectivity index (χ3n) is 0. The number of allylic oxidation sites excluding steroid dienone is 1. The lowest BCUT2D eigenvalue weighted by molar-refractivity contribution is 0.276. The molecule has 0 saturated carbocycles. The summed E-state index contributed by atoms with van der Waals surface area (Å²) in [4.78, 5) is 0. The van der Waals surface area contributed by atoms with Crippen LogP contribution < -0.4 is 0 Å². The maximum atomic E-state index is 7.17. The number of hydrogen-bond acceptors (Lipinski definition) is 12. The van der Waals surface area contributed by atoms with Crippen molar-refractivity contribution in [3.63, 3.8) is 0 Å². The van der Waals surface area contributed by atoms with Crippen molar-refractivity contribution in [3.05, 3.63) is 12.7 Å². The second-order valence-electron chi connectivity index (χ2n) is 1.79. The Hall–Kier alpha value is -0.480. The van der Waals surface area contributed by atoms with Gasteiger partial charge in [0.25, 0.3) is 0 Å². The summed E-state index contributed by atoms with van der Waals surface area (Å²) in [5, 5.41) is 86.0.